The molecule has 8 heteroatoms. The Morgan fingerprint density at radius 1 is 1.13 bits per heavy atom. The van der Waals surface area contributed by atoms with Crippen molar-refractivity contribution in [2.45, 2.75) is 59.5 Å². The van der Waals surface area contributed by atoms with Gasteiger partial charge in [-0.2, -0.15) is 0 Å². The lowest BCUT2D eigenvalue weighted by Crippen LogP contribution is -2.32. The quantitative estimate of drug-likeness (QED) is 0.215. The van der Waals surface area contributed by atoms with Gasteiger partial charge in [0.15, 0.2) is 0 Å². The van der Waals surface area contributed by atoms with Crippen LogP contribution < -0.4 is 10.1 Å². The standard InChI is InChI=1S/C22H31Cl2NO5/c1-6-7-8-9-10-28-19-12-18(16(23)11-17(19)24)25-22(27)30-20(15(4)5)21(26)29-13-14(2)3/h11-12,14,20H,4,6-10,13H2,1-3,5H3,(H,25,27). The minimum Gasteiger partial charge on any atom is -0.492 e. The van der Waals surface area contributed by atoms with E-state index in [9.17, 15) is 9.59 Å². The second-order valence-corrected chi connectivity index (χ2v) is 8.27. The zero-order valence-corrected chi connectivity index (χ0v) is 19.6. The number of ether oxygens (including phenoxy) is 3. The van der Waals surface area contributed by atoms with Crippen LogP contribution in [0.3, 0.4) is 0 Å². The minimum atomic E-state index is -1.22. The smallest absolute Gasteiger partial charge is 0.412 e. The van der Waals surface area contributed by atoms with Crippen LogP contribution in [0.1, 0.15) is 53.4 Å². The number of unbranched alkanes of at least 4 members (excludes halogenated alkanes) is 3. The third-order valence-corrected chi connectivity index (χ3v) is 4.57. The highest BCUT2D eigenvalue weighted by atomic mass is 35.5. The molecule has 1 unspecified atom stereocenters. The first-order valence-electron chi connectivity index (χ1n) is 10.1. The zero-order chi connectivity index (χ0) is 22.7. The molecule has 1 aromatic carbocycles. The van der Waals surface area contributed by atoms with Gasteiger partial charge in [0.25, 0.3) is 0 Å². The lowest BCUT2D eigenvalue weighted by atomic mass is 10.2. The molecule has 1 rings (SSSR count). The molecular formula is C22H31Cl2NO5. The van der Waals surface area contributed by atoms with Crippen LogP contribution in [-0.4, -0.2) is 31.4 Å². The molecule has 6 nitrogen and oxygen atoms in total. The van der Waals surface area contributed by atoms with E-state index in [4.69, 9.17) is 37.4 Å². The molecule has 1 atom stereocenters. The molecule has 0 saturated carbocycles. The summed E-state index contributed by atoms with van der Waals surface area (Å²) >= 11 is 12.4. The van der Waals surface area contributed by atoms with Gasteiger partial charge in [-0.25, -0.2) is 9.59 Å². The summed E-state index contributed by atoms with van der Waals surface area (Å²) in [6, 6.07) is 3.01. The van der Waals surface area contributed by atoms with Crippen LogP contribution in [0.5, 0.6) is 5.75 Å². The van der Waals surface area contributed by atoms with E-state index in [2.05, 4.69) is 18.8 Å². The van der Waals surface area contributed by atoms with Crippen molar-refractivity contribution < 1.29 is 23.8 Å². The normalized spacial score (nSPS) is 11.7. The van der Waals surface area contributed by atoms with Gasteiger partial charge in [0, 0.05) is 6.07 Å². The van der Waals surface area contributed by atoms with Crippen molar-refractivity contribution in [3.8, 4) is 5.75 Å². The Kier molecular flexibility index (Phi) is 11.7. The van der Waals surface area contributed by atoms with Crippen molar-refractivity contribution in [1.82, 2.24) is 0 Å². The third kappa shape index (κ3) is 9.26. The number of rotatable bonds is 12. The van der Waals surface area contributed by atoms with Gasteiger partial charge in [-0.15, -0.1) is 0 Å². The number of hydrogen-bond acceptors (Lipinski definition) is 5. The molecular weight excluding hydrogens is 429 g/mol. The van der Waals surface area contributed by atoms with E-state index in [0.29, 0.717) is 23.0 Å². The van der Waals surface area contributed by atoms with E-state index < -0.39 is 18.2 Å². The Balaban J connectivity index is 2.77. The second-order valence-electron chi connectivity index (χ2n) is 7.45. The van der Waals surface area contributed by atoms with E-state index in [1.54, 1.807) is 6.92 Å². The van der Waals surface area contributed by atoms with E-state index in [1.807, 2.05) is 13.8 Å². The molecule has 30 heavy (non-hydrogen) atoms. The van der Waals surface area contributed by atoms with Gasteiger partial charge < -0.3 is 14.2 Å². The van der Waals surface area contributed by atoms with Crippen molar-refractivity contribution in [2.24, 2.45) is 5.92 Å². The monoisotopic (exact) mass is 459 g/mol. The first-order chi connectivity index (χ1) is 14.1. The molecule has 0 saturated heterocycles. The van der Waals surface area contributed by atoms with Crippen LogP contribution in [0.2, 0.25) is 10.0 Å². The Hall–Kier alpha value is -1.92. The second kappa shape index (κ2) is 13.4. The van der Waals surface area contributed by atoms with Gasteiger partial charge in [0.1, 0.15) is 5.75 Å². The number of carbonyl (C=O) groups is 2. The maximum atomic E-state index is 12.3. The molecule has 0 aliphatic carbocycles. The Morgan fingerprint density at radius 2 is 1.83 bits per heavy atom. The summed E-state index contributed by atoms with van der Waals surface area (Å²) in [5.41, 5.74) is 0.600. The van der Waals surface area contributed by atoms with E-state index in [-0.39, 0.29) is 23.2 Å². The van der Waals surface area contributed by atoms with Crippen LogP contribution in [0, 0.1) is 5.92 Å². The minimum absolute atomic E-state index is 0.154. The highest BCUT2D eigenvalue weighted by Crippen LogP contribution is 2.34. The molecule has 0 fully saturated rings. The number of esters is 1. The van der Waals surface area contributed by atoms with Crippen LogP contribution in [-0.2, 0) is 14.3 Å². The fourth-order valence-corrected chi connectivity index (χ4v) is 2.85. The summed E-state index contributed by atoms with van der Waals surface area (Å²) in [5, 5.41) is 3.06. The van der Waals surface area contributed by atoms with Crippen molar-refractivity contribution in [1.29, 1.82) is 0 Å². The SMILES string of the molecule is C=C(C)C(OC(=O)Nc1cc(OCCCCCC)c(Cl)cc1Cl)C(=O)OCC(C)C. The van der Waals surface area contributed by atoms with Crippen molar-refractivity contribution in [2.75, 3.05) is 18.5 Å². The molecule has 0 bridgehead atoms. The maximum absolute atomic E-state index is 12.3. The number of benzene rings is 1. The molecule has 0 aliphatic heterocycles. The Morgan fingerprint density at radius 3 is 2.43 bits per heavy atom. The average molecular weight is 460 g/mol. The lowest BCUT2D eigenvalue weighted by molar-refractivity contribution is -0.152. The zero-order valence-electron chi connectivity index (χ0n) is 18.1. The van der Waals surface area contributed by atoms with Gasteiger partial charge in [0.2, 0.25) is 6.10 Å². The number of carbonyl (C=O) groups excluding carboxylic acids is 2. The molecule has 0 heterocycles. The summed E-state index contributed by atoms with van der Waals surface area (Å²) in [6.45, 7) is 11.9. The lowest BCUT2D eigenvalue weighted by Gasteiger charge is -2.18. The maximum Gasteiger partial charge on any atom is 0.412 e. The average Bonchev–Trinajstić information content (AvgIpc) is 2.67. The number of halogens is 2. The van der Waals surface area contributed by atoms with Crippen molar-refractivity contribution in [3.63, 3.8) is 0 Å². The Bertz CT molecular complexity index is 736. The predicted octanol–water partition coefficient (Wildman–Crippen LogP) is 6.64. The Labute approximate surface area is 188 Å². The summed E-state index contributed by atoms with van der Waals surface area (Å²) in [4.78, 5) is 24.5. The van der Waals surface area contributed by atoms with E-state index in [0.717, 1.165) is 25.7 Å². The van der Waals surface area contributed by atoms with Crippen molar-refractivity contribution in [3.05, 3.63) is 34.3 Å². The van der Waals surface area contributed by atoms with Gasteiger partial charge in [-0.3, -0.25) is 5.32 Å². The molecule has 0 aliphatic rings. The fourth-order valence-electron chi connectivity index (χ4n) is 2.37. The van der Waals surface area contributed by atoms with Crippen LogP contribution in [0.25, 0.3) is 0 Å². The largest absolute Gasteiger partial charge is 0.492 e. The molecule has 168 valence electrons. The highest BCUT2D eigenvalue weighted by Gasteiger charge is 2.26. The first kappa shape index (κ1) is 26.1. The van der Waals surface area contributed by atoms with Crippen LogP contribution in [0.15, 0.2) is 24.3 Å². The molecule has 0 radical (unpaired) electrons. The molecule has 1 N–H and O–H groups in total. The van der Waals surface area contributed by atoms with E-state index in [1.165, 1.54) is 12.1 Å². The number of nitrogens with one attached hydrogen (secondary N) is 1. The number of amides is 1. The van der Waals surface area contributed by atoms with Crippen molar-refractivity contribution >= 4 is 41.0 Å². The van der Waals surface area contributed by atoms with Gasteiger partial charge in [-0.05, 0) is 30.9 Å². The summed E-state index contributed by atoms with van der Waals surface area (Å²) < 4.78 is 16.0. The van der Waals surface area contributed by atoms with Crippen LogP contribution >= 0.6 is 23.2 Å². The third-order valence-electron chi connectivity index (χ3n) is 3.96. The fraction of sp³-hybridized carbons (Fsp3) is 0.545. The van der Waals surface area contributed by atoms with Gasteiger partial charge >= 0.3 is 12.1 Å². The summed E-state index contributed by atoms with van der Waals surface area (Å²) in [7, 11) is 0. The van der Waals surface area contributed by atoms with E-state index >= 15 is 0 Å². The van der Waals surface area contributed by atoms with Gasteiger partial charge in [0.05, 0.1) is 28.9 Å². The molecule has 0 aromatic heterocycles. The summed E-state index contributed by atoms with van der Waals surface area (Å²) in [6.07, 6.45) is 2.14. The molecule has 0 spiro atoms. The number of hydrogen-bond donors (Lipinski definition) is 1. The molecule has 1 aromatic rings. The predicted molar refractivity (Wildman–Crippen MR) is 121 cm³/mol. The van der Waals surface area contributed by atoms with Gasteiger partial charge in [-0.1, -0.05) is 69.8 Å². The number of anilines is 1. The summed E-state index contributed by atoms with van der Waals surface area (Å²) in [5.74, 6) is -0.118. The first-order valence-corrected chi connectivity index (χ1v) is 10.8. The topological polar surface area (TPSA) is 73.9 Å². The highest BCUT2D eigenvalue weighted by molar-refractivity contribution is 6.37. The van der Waals surface area contributed by atoms with Crippen LogP contribution in [0.4, 0.5) is 10.5 Å². The molecule has 1 amide bonds.